The molecule has 0 radical (unpaired) electrons. The fourth-order valence-corrected chi connectivity index (χ4v) is 3.53. The summed E-state index contributed by atoms with van der Waals surface area (Å²) in [6, 6.07) is 13.8. The monoisotopic (exact) mass is 529 g/mol. The molecule has 0 aliphatic rings. The van der Waals surface area contributed by atoms with Gasteiger partial charge in [0.05, 0.1) is 10.6 Å². The molecule has 0 N–H and O–H groups in total. The smallest absolute Gasteiger partial charge is 0.249 e. The van der Waals surface area contributed by atoms with E-state index < -0.39 is 0 Å². The first-order chi connectivity index (χ1) is 13.9. The Hall–Kier alpha value is -1.83. The van der Waals surface area contributed by atoms with Gasteiger partial charge in [0.25, 0.3) is 0 Å². The van der Waals surface area contributed by atoms with Crippen LogP contribution >= 0.6 is 62.3 Å². The molecule has 0 aliphatic carbocycles. The number of nitrogens with zero attached hydrogens (tertiary/aromatic N) is 3. The van der Waals surface area contributed by atoms with Crippen molar-refractivity contribution >= 4 is 62.3 Å². The summed E-state index contributed by atoms with van der Waals surface area (Å²) in [6.45, 7) is 0. The normalized spacial score (nSPS) is 10.9. The number of rotatable bonds is 4. The van der Waals surface area contributed by atoms with Crippen molar-refractivity contribution in [1.82, 2.24) is 15.2 Å². The van der Waals surface area contributed by atoms with Crippen LogP contribution < -0.4 is 4.74 Å². The first-order valence-electron chi connectivity index (χ1n) is 7.99. The molecule has 4 aromatic rings. The zero-order valence-corrected chi connectivity index (χ0v) is 18.8. The summed E-state index contributed by atoms with van der Waals surface area (Å²) >= 11 is 27.5. The number of pyridine rings is 1. The summed E-state index contributed by atoms with van der Waals surface area (Å²) in [6.07, 6.45) is 0. The molecule has 0 saturated carbocycles. The maximum Gasteiger partial charge on any atom is 0.249 e. The SMILES string of the molecule is Clc1ccc(Br)c(-c2nnc(-c3cccc(Oc4nc(Cl)c(Cl)cc4Cl)c3)o2)c1. The molecule has 0 atom stereocenters. The van der Waals surface area contributed by atoms with Gasteiger partial charge in [-0.1, -0.05) is 52.5 Å². The number of aromatic nitrogens is 3. The first-order valence-corrected chi connectivity index (χ1v) is 10.3. The maximum absolute atomic E-state index is 6.12. The molecule has 29 heavy (non-hydrogen) atoms. The molecule has 0 fully saturated rings. The number of hydrogen-bond donors (Lipinski definition) is 0. The van der Waals surface area contributed by atoms with Crippen molar-refractivity contribution in [2.45, 2.75) is 0 Å². The summed E-state index contributed by atoms with van der Waals surface area (Å²) in [7, 11) is 0. The van der Waals surface area contributed by atoms with Crippen LogP contribution in [-0.2, 0) is 0 Å². The highest BCUT2D eigenvalue weighted by atomic mass is 79.9. The Morgan fingerprint density at radius 1 is 0.862 bits per heavy atom. The predicted molar refractivity (Wildman–Crippen MR) is 117 cm³/mol. The molecule has 0 bridgehead atoms. The topological polar surface area (TPSA) is 61.0 Å². The molecular formula is C19H8BrCl4N3O2. The molecule has 2 aromatic heterocycles. The van der Waals surface area contributed by atoms with Gasteiger partial charge in [-0.15, -0.1) is 10.2 Å². The number of halogens is 5. The van der Waals surface area contributed by atoms with Gasteiger partial charge in [0.15, 0.2) is 5.15 Å². The fraction of sp³-hybridized carbons (Fsp3) is 0. The van der Waals surface area contributed by atoms with Crippen LogP contribution in [0.3, 0.4) is 0 Å². The standard InChI is InChI=1S/C19H8BrCl4N3O2/c20-13-5-4-10(21)7-12(13)18-27-26-17(29-18)9-2-1-3-11(6-9)28-19-15(23)8-14(22)16(24)25-19/h1-8H. The second-order valence-electron chi connectivity index (χ2n) is 5.71. The molecule has 0 spiro atoms. The van der Waals surface area contributed by atoms with Crippen molar-refractivity contribution in [1.29, 1.82) is 0 Å². The van der Waals surface area contributed by atoms with Crippen molar-refractivity contribution in [3.05, 3.63) is 73.2 Å². The van der Waals surface area contributed by atoms with E-state index in [9.17, 15) is 0 Å². The van der Waals surface area contributed by atoms with Crippen molar-refractivity contribution in [3.63, 3.8) is 0 Å². The van der Waals surface area contributed by atoms with Crippen LogP contribution in [0.4, 0.5) is 0 Å². The Labute approximate surface area is 193 Å². The van der Waals surface area contributed by atoms with E-state index in [2.05, 4.69) is 31.1 Å². The van der Waals surface area contributed by atoms with E-state index in [1.165, 1.54) is 6.07 Å². The van der Waals surface area contributed by atoms with Crippen LogP contribution in [0.15, 0.2) is 57.4 Å². The number of hydrogen-bond acceptors (Lipinski definition) is 5. The minimum atomic E-state index is 0.0934. The van der Waals surface area contributed by atoms with Gasteiger partial charge in [-0.2, -0.15) is 4.98 Å². The largest absolute Gasteiger partial charge is 0.437 e. The maximum atomic E-state index is 6.12. The second kappa shape index (κ2) is 8.50. The lowest BCUT2D eigenvalue weighted by Gasteiger charge is -2.08. The lowest BCUT2D eigenvalue weighted by atomic mass is 10.2. The average molecular weight is 532 g/mol. The lowest BCUT2D eigenvalue weighted by molar-refractivity contribution is 0.463. The van der Waals surface area contributed by atoms with Gasteiger partial charge in [0.1, 0.15) is 10.8 Å². The Bertz CT molecular complexity index is 1220. The van der Waals surface area contributed by atoms with E-state index in [4.69, 9.17) is 55.6 Å². The molecule has 0 saturated heterocycles. The van der Waals surface area contributed by atoms with Crippen LogP contribution in [0.25, 0.3) is 22.9 Å². The number of benzene rings is 2. The molecular weight excluding hydrogens is 524 g/mol. The van der Waals surface area contributed by atoms with Crippen molar-refractivity contribution in [2.75, 3.05) is 0 Å². The van der Waals surface area contributed by atoms with E-state index in [1.54, 1.807) is 36.4 Å². The molecule has 5 nitrogen and oxygen atoms in total. The van der Waals surface area contributed by atoms with Crippen molar-refractivity contribution < 1.29 is 9.15 Å². The molecule has 0 aliphatic heterocycles. The summed E-state index contributed by atoms with van der Waals surface area (Å²) in [5, 5.41) is 9.34. The Balaban J connectivity index is 1.64. The quantitative estimate of drug-likeness (QED) is 0.250. The second-order valence-corrected chi connectivity index (χ2v) is 8.18. The minimum absolute atomic E-state index is 0.0934. The van der Waals surface area contributed by atoms with Crippen LogP contribution in [0.1, 0.15) is 0 Å². The summed E-state index contributed by atoms with van der Waals surface area (Å²) in [5.41, 5.74) is 1.34. The highest BCUT2D eigenvalue weighted by Crippen LogP contribution is 2.35. The highest BCUT2D eigenvalue weighted by molar-refractivity contribution is 9.10. The molecule has 2 aromatic carbocycles. The zero-order valence-electron chi connectivity index (χ0n) is 14.2. The molecule has 4 rings (SSSR count). The first kappa shape index (κ1) is 20.4. The third kappa shape index (κ3) is 4.52. The van der Waals surface area contributed by atoms with E-state index in [0.717, 1.165) is 4.47 Å². The van der Waals surface area contributed by atoms with Crippen LogP contribution in [0, 0.1) is 0 Å². The molecule has 2 heterocycles. The van der Waals surface area contributed by atoms with Gasteiger partial charge in [0, 0.05) is 15.1 Å². The zero-order chi connectivity index (χ0) is 20.5. The summed E-state index contributed by atoms with van der Waals surface area (Å²) < 4.78 is 12.3. The highest BCUT2D eigenvalue weighted by Gasteiger charge is 2.15. The Kier molecular flexibility index (Phi) is 5.99. The van der Waals surface area contributed by atoms with Gasteiger partial charge >= 0.3 is 0 Å². The van der Waals surface area contributed by atoms with E-state index in [0.29, 0.717) is 33.7 Å². The minimum Gasteiger partial charge on any atom is -0.437 e. The van der Waals surface area contributed by atoms with Crippen molar-refractivity contribution in [2.24, 2.45) is 0 Å². The van der Waals surface area contributed by atoms with E-state index in [-0.39, 0.29) is 21.1 Å². The molecule has 146 valence electrons. The Morgan fingerprint density at radius 2 is 1.66 bits per heavy atom. The summed E-state index contributed by atoms with van der Waals surface area (Å²) in [5.74, 6) is 1.23. The molecule has 10 heteroatoms. The molecule has 0 unspecified atom stereocenters. The summed E-state index contributed by atoms with van der Waals surface area (Å²) in [4.78, 5) is 4.04. The third-order valence-corrected chi connectivity index (χ3v) is 5.60. The van der Waals surface area contributed by atoms with Crippen LogP contribution in [0.2, 0.25) is 20.2 Å². The third-order valence-electron chi connectivity index (χ3n) is 3.73. The lowest BCUT2D eigenvalue weighted by Crippen LogP contribution is -1.91. The fourth-order valence-electron chi connectivity index (χ4n) is 2.41. The van der Waals surface area contributed by atoms with Crippen LogP contribution in [0.5, 0.6) is 11.6 Å². The average Bonchev–Trinajstić information content (AvgIpc) is 3.18. The van der Waals surface area contributed by atoms with Gasteiger partial charge in [-0.05, 0) is 58.4 Å². The molecule has 0 amide bonds. The van der Waals surface area contributed by atoms with Gasteiger partial charge in [-0.25, -0.2) is 0 Å². The van der Waals surface area contributed by atoms with Gasteiger partial charge in [0.2, 0.25) is 17.7 Å². The number of ether oxygens (including phenoxy) is 1. The van der Waals surface area contributed by atoms with Gasteiger partial charge in [-0.3, -0.25) is 0 Å². The van der Waals surface area contributed by atoms with Gasteiger partial charge < -0.3 is 9.15 Å². The van der Waals surface area contributed by atoms with Crippen LogP contribution in [-0.4, -0.2) is 15.2 Å². The Morgan fingerprint density at radius 3 is 2.48 bits per heavy atom. The van der Waals surface area contributed by atoms with E-state index >= 15 is 0 Å². The predicted octanol–water partition coefficient (Wildman–Crippen LogP) is 7.97. The van der Waals surface area contributed by atoms with Crippen molar-refractivity contribution in [3.8, 4) is 34.5 Å². The van der Waals surface area contributed by atoms with E-state index in [1.807, 2.05) is 6.07 Å².